The van der Waals surface area contributed by atoms with Crippen molar-refractivity contribution in [3.05, 3.63) is 17.0 Å². The van der Waals surface area contributed by atoms with Gasteiger partial charge in [0.25, 0.3) is 0 Å². The van der Waals surface area contributed by atoms with E-state index in [1.165, 1.54) is 11.3 Å². The van der Waals surface area contributed by atoms with Crippen LogP contribution in [0, 0.1) is 0 Å². The Kier molecular flexibility index (Phi) is 4.71. The van der Waals surface area contributed by atoms with E-state index < -0.39 is 10.0 Å². The van der Waals surface area contributed by atoms with Gasteiger partial charge in [-0.05, 0) is 31.2 Å². The number of hydrogen-bond acceptors (Lipinski definition) is 5. The van der Waals surface area contributed by atoms with Crippen molar-refractivity contribution in [2.75, 3.05) is 6.26 Å². The smallest absolute Gasteiger partial charge is 0.250 e. The predicted molar refractivity (Wildman–Crippen MR) is 77.5 cm³/mol. The van der Waals surface area contributed by atoms with Crippen molar-refractivity contribution < 1.29 is 8.42 Å². The van der Waals surface area contributed by atoms with Crippen LogP contribution < -0.4 is 10.5 Å². The minimum atomic E-state index is -3.38. The standard InChI is InChI=1S/C11H18N2O2S3/c1-16-10-4-2-3-9(10)13-18(14,15)11-6-5-8(7-12)17-11/h5-6,9-10,13H,2-4,7,12H2,1H3. The molecule has 1 aliphatic carbocycles. The first-order chi connectivity index (χ1) is 8.56. The van der Waals surface area contributed by atoms with E-state index in [4.69, 9.17) is 5.73 Å². The van der Waals surface area contributed by atoms with Crippen LogP contribution in [-0.4, -0.2) is 26.0 Å². The molecule has 7 heteroatoms. The van der Waals surface area contributed by atoms with E-state index in [2.05, 4.69) is 4.72 Å². The van der Waals surface area contributed by atoms with Gasteiger partial charge in [-0.3, -0.25) is 0 Å². The minimum Gasteiger partial charge on any atom is -0.326 e. The number of nitrogens with two attached hydrogens (primary N) is 1. The molecular weight excluding hydrogens is 288 g/mol. The van der Waals surface area contributed by atoms with Gasteiger partial charge in [-0.25, -0.2) is 13.1 Å². The fourth-order valence-corrected chi connectivity index (χ4v) is 5.80. The molecule has 0 spiro atoms. The Morgan fingerprint density at radius 2 is 2.28 bits per heavy atom. The quantitative estimate of drug-likeness (QED) is 0.869. The van der Waals surface area contributed by atoms with Crippen molar-refractivity contribution in [2.45, 2.75) is 41.3 Å². The van der Waals surface area contributed by atoms with E-state index >= 15 is 0 Å². The molecule has 0 aromatic carbocycles. The van der Waals surface area contributed by atoms with Gasteiger partial charge in [0.05, 0.1) is 0 Å². The van der Waals surface area contributed by atoms with E-state index in [9.17, 15) is 8.42 Å². The average molecular weight is 306 g/mol. The molecule has 1 heterocycles. The van der Waals surface area contributed by atoms with Gasteiger partial charge >= 0.3 is 0 Å². The van der Waals surface area contributed by atoms with Crippen molar-refractivity contribution in [1.82, 2.24) is 4.72 Å². The molecule has 1 aliphatic rings. The van der Waals surface area contributed by atoms with E-state index in [0.717, 1.165) is 24.1 Å². The molecule has 1 aromatic heterocycles. The summed E-state index contributed by atoms with van der Waals surface area (Å²) in [6.45, 7) is 0.386. The second-order valence-corrected chi connectivity index (χ2v) is 8.54. The van der Waals surface area contributed by atoms with Crippen LogP contribution in [0.2, 0.25) is 0 Å². The highest BCUT2D eigenvalue weighted by Gasteiger charge is 2.31. The average Bonchev–Trinajstić information content (AvgIpc) is 2.96. The molecule has 3 N–H and O–H groups in total. The summed E-state index contributed by atoms with van der Waals surface area (Å²) in [6.07, 6.45) is 5.15. The van der Waals surface area contributed by atoms with Crippen molar-refractivity contribution in [3.8, 4) is 0 Å². The monoisotopic (exact) mass is 306 g/mol. The summed E-state index contributed by atoms with van der Waals surface area (Å²) in [6, 6.07) is 3.48. The third-order valence-electron chi connectivity index (χ3n) is 3.16. The fraction of sp³-hybridized carbons (Fsp3) is 0.636. The molecule has 1 aromatic rings. The lowest BCUT2D eigenvalue weighted by Gasteiger charge is -2.18. The van der Waals surface area contributed by atoms with Crippen LogP contribution in [0.5, 0.6) is 0 Å². The molecule has 4 nitrogen and oxygen atoms in total. The number of rotatable bonds is 5. The number of nitrogens with one attached hydrogen (secondary N) is 1. The molecule has 102 valence electrons. The van der Waals surface area contributed by atoms with E-state index in [1.54, 1.807) is 23.9 Å². The van der Waals surface area contributed by atoms with E-state index in [0.29, 0.717) is 16.0 Å². The number of thiophene rings is 1. The van der Waals surface area contributed by atoms with Crippen LogP contribution in [0.3, 0.4) is 0 Å². The van der Waals surface area contributed by atoms with E-state index in [-0.39, 0.29) is 6.04 Å². The zero-order chi connectivity index (χ0) is 13.2. The predicted octanol–water partition coefficient (Wildman–Crippen LogP) is 1.77. The molecule has 1 saturated carbocycles. The Labute approximate surface area is 116 Å². The molecule has 0 saturated heterocycles. The number of hydrogen-bond donors (Lipinski definition) is 2. The Hall–Kier alpha value is -0.0800. The first-order valence-electron chi connectivity index (χ1n) is 5.90. The molecule has 0 aliphatic heterocycles. The number of thioether (sulfide) groups is 1. The van der Waals surface area contributed by atoms with Gasteiger partial charge in [0.2, 0.25) is 10.0 Å². The fourth-order valence-electron chi connectivity index (χ4n) is 2.21. The summed E-state index contributed by atoms with van der Waals surface area (Å²) in [5.41, 5.74) is 5.51. The lowest BCUT2D eigenvalue weighted by atomic mass is 10.3. The first-order valence-corrected chi connectivity index (χ1v) is 9.49. The Morgan fingerprint density at radius 3 is 2.89 bits per heavy atom. The van der Waals surface area contributed by atoms with Crippen molar-refractivity contribution >= 4 is 33.1 Å². The minimum absolute atomic E-state index is 0.0634. The maximum atomic E-state index is 12.2. The third kappa shape index (κ3) is 3.08. The summed E-state index contributed by atoms with van der Waals surface area (Å²) in [5.74, 6) is 0. The van der Waals surface area contributed by atoms with Gasteiger partial charge in [0.15, 0.2) is 0 Å². The van der Waals surface area contributed by atoms with E-state index in [1.807, 2.05) is 6.26 Å². The van der Waals surface area contributed by atoms with Crippen LogP contribution >= 0.6 is 23.1 Å². The summed E-state index contributed by atoms with van der Waals surface area (Å²) in [5, 5.41) is 0.397. The molecule has 0 amide bonds. The zero-order valence-electron chi connectivity index (χ0n) is 10.3. The largest absolute Gasteiger partial charge is 0.326 e. The Morgan fingerprint density at radius 1 is 1.50 bits per heavy atom. The van der Waals surface area contributed by atoms with Crippen LogP contribution in [-0.2, 0) is 16.6 Å². The maximum Gasteiger partial charge on any atom is 0.250 e. The van der Waals surface area contributed by atoms with Gasteiger partial charge in [-0.1, -0.05) is 6.42 Å². The summed E-state index contributed by atoms with van der Waals surface area (Å²) >= 11 is 2.99. The molecule has 1 fully saturated rings. The zero-order valence-corrected chi connectivity index (χ0v) is 12.7. The lowest BCUT2D eigenvalue weighted by molar-refractivity contribution is 0.557. The molecule has 2 unspecified atom stereocenters. The summed E-state index contributed by atoms with van der Waals surface area (Å²) < 4.78 is 27.7. The Balaban J connectivity index is 2.11. The Bertz CT molecular complexity index is 498. The van der Waals surface area contributed by atoms with Crippen LogP contribution in [0.4, 0.5) is 0 Å². The second-order valence-electron chi connectivity index (χ2n) is 4.36. The lowest BCUT2D eigenvalue weighted by Crippen LogP contribution is -2.38. The van der Waals surface area contributed by atoms with Crippen molar-refractivity contribution in [3.63, 3.8) is 0 Å². The van der Waals surface area contributed by atoms with Crippen LogP contribution in [0.25, 0.3) is 0 Å². The van der Waals surface area contributed by atoms with Gasteiger partial charge < -0.3 is 5.73 Å². The van der Waals surface area contributed by atoms with Crippen molar-refractivity contribution in [1.29, 1.82) is 0 Å². The van der Waals surface area contributed by atoms with Gasteiger partial charge in [-0.15, -0.1) is 11.3 Å². The van der Waals surface area contributed by atoms with Gasteiger partial charge in [0, 0.05) is 22.7 Å². The topological polar surface area (TPSA) is 72.2 Å². The summed E-state index contributed by atoms with van der Waals surface area (Å²) in [4.78, 5) is 0.892. The molecule has 0 radical (unpaired) electrons. The molecule has 18 heavy (non-hydrogen) atoms. The highest BCUT2D eigenvalue weighted by atomic mass is 32.2. The van der Waals surface area contributed by atoms with Crippen molar-refractivity contribution in [2.24, 2.45) is 5.73 Å². The molecule has 0 bridgehead atoms. The number of sulfonamides is 1. The second kappa shape index (κ2) is 5.92. The SMILES string of the molecule is CSC1CCCC1NS(=O)(=O)c1ccc(CN)s1. The first kappa shape index (κ1) is 14.3. The normalized spacial score (nSPS) is 24.6. The van der Waals surface area contributed by atoms with Gasteiger partial charge in [0.1, 0.15) is 4.21 Å². The molecule has 2 atom stereocenters. The third-order valence-corrected chi connectivity index (χ3v) is 7.42. The maximum absolute atomic E-state index is 12.2. The van der Waals surface area contributed by atoms with Crippen LogP contribution in [0.15, 0.2) is 16.3 Å². The molecular formula is C11H18N2O2S3. The summed E-state index contributed by atoms with van der Waals surface area (Å²) in [7, 11) is -3.38. The highest BCUT2D eigenvalue weighted by Crippen LogP contribution is 2.30. The van der Waals surface area contributed by atoms with Crippen LogP contribution in [0.1, 0.15) is 24.1 Å². The molecule has 2 rings (SSSR count). The van der Waals surface area contributed by atoms with Gasteiger partial charge in [-0.2, -0.15) is 11.8 Å². The highest BCUT2D eigenvalue weighted by molar-refractivity contribution is 7.99.